The van der Waals surface area contributed by atoms with Gasteiger partial charge in [-0.3, -0.25) is 24.3 Å². The van der Waals surface area contributed by atoms with Crippen LogP contribution in [-0.2, 0) is 14.4 Å². The maximum atomic E-state index is 12.8. The molecule has 1 atom stereocenters. The highest BCUT2D eigenvalue weighted by Crippen LogP contribution is 2.37. The Morgan fingerprint density at radius 2 is 2.15 bits per heavy atom. The molecular formula is C21H28N2O3. The van der Waals surface area contributed by atoms with Crippen LogP contribution in [0.25, 0.3) is 6.08 Å². The van der Waals surface area contributed by atoms with E-state index in [-0.39, 0.29) is 29.4 Å². The predicted molar refractivity (Wildman–Crippen MR) is 102 cm³/mol. The van der Waals surface area contributed by atoms with Gasteiger partial charge in [0.2, 0.25) is 0 Å². The first-order valence-corrected chi connectivity index (χ1v) is 9.25. The zero-order valence-electron chi connectivity index (χ0n) is 15.7. The SMILES string of the molecule is CC1(C)CCN(CCCC(=O)C=O)C1C(=O)CCC=Cc1cccnc1. The molecule has 0 aliphatic carbocycles. The Morgan fingerprint density at radius 1 is 1.35 bits per heavy atom. The maximum Gasteiger partial charge on any atom is 0.195 e. The van der Waals surface area contributed by atoms with Crippen LogP contribution in [0.1, 0.15) is 51.5 Å². The number of hydrogen-bond donors (Lipinski definition) is 0. The molecule has 0 radical (unpaired) electrons. The molecule has 2 rings (SSSR count). The van der Waals surface area contributed by atoms with Crippen molar-refractivity contribution in [1.82, 2.24) is 9.88 Å². The van der Waals surface area contributed by atoms with Crippen LogP contribution in [0.2, 0.25) is 0 Å². The molecule has 1 aliphatic heterocycles. The van der Waals surface area contributed by atoms with Gasteiger partial charge in [0.25, 0.3) is 0 Å². The minimum Gasteiger partial charge on any atom is -0.298 e. The lowest BCUT2D eigenvalue weighted by Gasteiger charge is -2.31. The zero-order valence-corrected chi connectivity index (χ0v) is 15.7. The minimum atomic E-state index is -0.369. The van der Waals surface area contributed by atoms with Gasteiger partial charge < -0.3 is 0 Å². The molecule has 0 aromatic carbocycles. The van der Waals surface area contributed by atoms with E-state index >= 15 is 0 Å². The van der Waals surface area contributed by atoms with E-state index in [9.17, 15) is 14.4 Å². The predicted octanol–water partition coefficient (Wildman–Crippen LogP) is 3.09. The number of likely N-dealkylation sites (tertiary alicyclic amines) is 1. The Hall–Kier alpha value is -2.14. The third-order valence-electron chi connectivity index (χ3n) is 5.01. The summed E-state index contributed by atoms with van der Waals surface area (Å²) in [6.07, 6.45) is 11.0. The number of nitrogens with zero attached hydrogens (tertiary/aromatic N) is 2. The number of aromatic nitrogens is 1. The number of carbonyl (C=O) groups excluding carboxylic acids is 3. The van der Waals surface area contributed by atoms with Gasteiger partial charge in [0.05, 0.1) is 6.04 Å². The molecule has 1 aromatic rings. The standard InChI is InChI=1S/C21H28N2O3/c1-21(2)11-14-23(13-6-9-18(25)16-24)20(21)19(26)10-4-3-7-17-8-5-12-22-15-17/h3,5,7-8,12,15-16,20H,4,6,9-11,13-14H2,1-2H3. The summed E-state index contributed by atoms with van der Waals surface area (Å²) in [6, 6.07) is 3.76. The number of rotatable bonds is 10. The van der Waals surface area contributed by atoms with Crippen molar-refractivity contribution in [3.63, 3.8) is 0 Å². The first-order valence-electron chi connectivity index (χ1n) is 9.25. The summed E-state index contributed by atoms with van der Waals surface area (Å²) in [5.74, 6) is -0.114. The van der Waals surface area contributed by atoms with E-state index in [0.29, 0.717) is 32.1 Å². The van der Waals surface area contributed by atoms with Crippen molar-refractivity contribution in [3.05, 3.63) is 36.2 Å². The van der Waals surface area contributed by atoms with Gasteiger partial charge in [0.1, 0.15) is 0 Å². The fourth-order valence-corrected chi connectivity index (χ4v) is 3.64. The molecule has 5 heteroatoms. The van der Waals surface area contributed by atoms with Gasteiger partial charge in [-0.1, -0.05) is 32.1 Å². The first kappa shape index (κ1) is 20.2. The number of allylic oxidation sites excluding steroid dienone is 1. The molecule has 1 unspecified atom stereocenters. The summed E-state index contributed by atoms with van der Waals surface area (Å²) in [7, 11) is 0. The summed E-state index contributed by atoms with van der Waals surface area (Å²) in [6.45, 7) is 5.82. The molecule has 0 N–H and O–H groups in total. The van der Waals surface area contributed by atoms with E-state index in [1.54, 1.807) is 12.4 Å². The van der Waals surface area contributed by atoms with Gasteiger partial charge in [0, 0.05) is 25.2 Å². The van der Waals surface area contributed by atoms with Crippen LogP contribution < -0.4 is 0 Å². The van der Waals surface area contributed by atoms with Crippen LogP contribution in [0.15, 0.2) is 30.6 Å². The Kier molecular flexibility index (Phi) is 7.39. The number of pyridine rings is 1. The Labute approximate surface area is 155 Å². The molecule has 140 valence electrons. The zero-order chi connectivity index (χ0) is 19.0. The third-order valence-corrected chi connectivity index (χ3v) is 5.01. The summed E-state index contributed by atoms with van der Waals surface area (Å²) in [4.78, 5) is 40.7. The second-order valence-corrected chi connectivity index (χ2v) is 7.56. The van der Waals surface area contributed by atoms with Crippen LogP contribution in [0.5, 0.6) is 0 Å². The minimum absolute atomic E-state index is 0.0567. The van der Waals surface area contributed by atoms with Crippen molar-refractivity contribution in [2.45, 2.75) is 52.0 Å². The van der Waals surface area contributed by atoms with E-state index in [1.807, 2.05) is 24.3 Å². The average molecular weight is 356 g/mol. The van der Waals surface area contributed by atoms with E-state index in [4.69, 9.17) is 0 Å². The molecule has 0 saturated carbocycles. The molecule has 1 aliphatic rings. The molecule has 1 fully saturated rings. The quantitative estimate of drug-likeness (QED) is 0.476. The Bertz CT molecular complexity index is 652. The van der Waals surface area contributed by atoms with Crippen LogP contribution in [-0.4, -0.2) is 46.9 Å². The van der Waals surface area contributed by atoms with Gasteiger partial charge in [-0.2, -0.15) is 0 Å². The molecule has 2 heterocycles. The molecular weight excluding hydrogens is 328 g/mol. The maximum absolute atomic E-state index is 12.8. The number of aldehydes is 1. The lowest BCUT2D eigenvalue weighted by molar-refractivity contribution is -0.130. The third kappa shape index (κ3) is 5.70. The summed E-state index contributed by atoms with van der Waals surface area (Å²) < 4.78 is 0. The number of Topliss-reactive ketones (excluding diaryl/α,β-unsaturated/α-hetero) is 2. The van der Waals surface area contributed by atoms with E-state index < -0.39 is 0 Å². The summed E-state index contributed by atoms with van der Waals surface area (Å²) >= 11 is 0. The fourth-order valence-electron chi connectivity index (χ4n) is 3.64. The van der Waals surface area contributed by atoms with Gasteiger partial charge in [0.15, 0.2) is 17.9 Å². The van der Waals surface area contributed by atoms with E-state index in [2.05, 4.69) is 23.7 Å². The Balaban J connectivity index is 1.87. The van der Waals surface area contributed by atoms with Crippen molar-refractivity contribution < 1.29 is 14.4 Å². The lowest BCUT2D eigenvalue weighted by atomic mass is 9.81. The van der Waals surface area contributed by atoms with Gasteiger partial charge in [-0.25, -0.2) is 0 Å². The van der Waals surface area contributed by atoms with Gasteiger partial charge in [-0.05, 0) is 49.4 Å². The molecule has 0 amide bonds. The highest BCUT2D eigenvalue weighted by Gasteiger charge is 2.43. The summed E-state index contributed by atoms with van der Waals surface area (Å²) in [5, 5.41) is 0. The number of hydrogen-bond acceptors (Lipinski definition) is 5. The average Bonchev–Trinajstić information content (AvgIpc) is 2.93. The number of carbonyl (C=O) groups is 3. The Morgan fingerprint density at radius 3 is 2.85 bits per heavy atom. The fraction of sp³-hybridized carbons (Fsp3) is 0.524. The topological polar surface area (TPSA) is 67.3 Å². The van der Waals surface area contributed by atoms with Crippen molar-refractivity contribution in [3.8, 4) is 0 Å². The smallest absolute Gasteiger partial charge is 0.195 e. The van der Waals surface area contributed by atoms with Gasteiger partial charge in [-0.15, -0.1) is 0 Å². The van der Waals surface area contributed by atoms with Crippen LogP contribution in [0.3, 0.4) is 0 Å². The lowest BCUT2D eigenvalue weighted by Crippen LogP contribution is -2.43. The van der Waals surface area contributed by atoms with Crippen LogP contribution in [0.4, 0.5) is 0 Å². The molecule has 26 heavy (non-hydrogen) atoms. The second kappa shape index (κ2) is 9.53. The second-order valence-electron chi connectivity index (χ2n) is 7.56. The van der Waals surface area contributed by atoms with Crippen LogP contribution >= 0.6 is 0 Å². The van der Waals surface area contributed by atoms with Crippen molar-refractivity contribution >= 4 is 23.9 Å². The van der Waals surface area contributed by atoms with Crippen molar-refractivity contribution in [2.24, 2.45) is 5.41 Å². The van der Waals surface area contributed by atoms with Crippen molar-refractivity contribution in [2.75, 3.05) is 13.1 Å². The molecule has 1 saturated heterocycles. The van der Waals surface area contributed by atoms with E-state index in [1.165, 1.54) is 0 Å². The summed E-state index contributed by atoms with van der Waals surface area (Å²) in [5.41, 5.74) is 0.973. The van der Waals surface area contributed by atoms with E-state index in [0.717, 1.165) is 18.5 Å². The van der Waals surface area contributed by atoms with Crippen LogP contribution in [0, 0.1) is 5.41 Å². The van der Waals surface area contributed by atoms with Gasteiger partial charge >= 0.3 is 0 Å². The monoisotopic (exact) mass is 356 g/mol. The first-order chi connectivity index (χ1) is 12.4. The molecule has 0 spiro atoms. The molecule has 0 bridgehead atoms. The normalized spacial score (nSPS) is 19.7. The molecule has 1 aromatic heterocycles. The van der Waals surface area contributed by atoms with Crippen molar-refractivity contribution in [1.29, 1.82) is 0 Å². The number of ketones is 2. The molecule has 5 nitrogen and oxygen atoms in total. The highest BCUT2D eigenvalue weighted by atomic mass is 16.2. The largest absolute Gasteiger partial charge is 0.298 e. The highest BCUT2D eigenvalue weighted by molar-refractivity contribution is 6.24.